The van der Waals surface area contributed by atoms with Crippen molar-refractivity contribution in [1.29, 1.82) is 0 Å². The summed E-state index contributed by atoms with van der Waals surface area (Å²) in [6.45, 7) is 12.4. The van der Waals surface area contributed by atoms with Crippen LogP contribution >= 0.6 is 11.6 Å². The molecule has 0 aliphatic heterocycles. The van der Waals surface area contributed by atoms with Crippen molar-refractivity contribution in [3.8, 4) is 11.5 Å². The number of benzene rings is 2. The molecule has 5 nitrogen and oxygen atoms in total. The molecule has 2 aromatic carbocycles. The predicted octanol–water partition coefficient (Wildman–Crippen LogP) is 8.15. The molecule has 0 aliphatic carbocycles. The number of rotatable bonds is 15. The van der Waals surface area contributed by atoms with Gasteiger partial charge < -0.3 is 20.1 Å². The molecule has 2 rings (SSSR count). The Morgan fingerprint density at radius 3 is 2.59 bits per heavy atom. The summed E-state index contributed by atoms with van der Waals surface area (Å²) in [6, 6.07) is 8.77. The van der Waals surface area contributed by atoms with Crippen LogP contribution in [0.5, 0.6) is 11.5 Å². The number of aliphatic imine (C=N–C) groups is 1. The third-order valence-electron chi connectivity index (χ3n) is 6.35. The number of aryl methyl sites for hydroxylation is 1. The second-order valence-corrected chi connectivity index (χ2v) is 9.92. The first-order chi connectivity index (χ1) is 17.8. The van der Waals surface area contributed by atoms with Crippen LogP contribution in [-0.2, 0) is 0 Å². The standard InChI is InChI=1S/C30H43ClFN3O2/c1-7-9-10-15-34-30(35-24-11-12-27(32)26(31)19-24)25-20-29(28(36-6)18-22(25)4)37-17-14-23(5)33-16-13-21(3)8-2/h10-12,15,18-21,23,33H,7-9,13-14,16-17H2,1-6H3,(H,34,35). The van der Waals surface area contributed by atoms with E-state index in [2.05, 4.69) is 43.3 Å². The summed E-state index contributed by atoms with van der Waals surface area (Å²) in [5.41, 5.74) is 2.47. The molecular weight excluding hydrogens is 489 g/mol. The summed E-state index contributed by atoms with van der Waals surface area (Å²) >= 11 is 6.01. The van der Waals surface area contributed by atoms with Gasteiger partial charge in [0.05, 0.1) is 18.7 Å². The molecule has 0 bridgehead atoms. The van der Waals surface area contributed by atoms with Gasteiger partial charge in [-0.2, -0.15) is 0 Å². The molecule has 2 aromatic rings. The number of unbranched alkanes of at least 4 members (excludes halogenated alkanes) is 1. The zero-order chi connectivity index (χ0) is 27.2. The highest BCUT2D eigenvalue weighted by atomic mass is 35.5. The maximum absolute atomic E-state index is 13.7. The van der Waals surface area contributed by atoms with E-state index in [1.807, 2.05) is 25.1 Å². The van der Waals surface area contributed by atoms with Crippen molar-refractivity contribution >= 4 is 23.1 Å². The lowest BCUT2D eigenvalue weighted by molar-refractivity contribution is 0.272. The van der Waals surface area contributed by atoms with E-state index in [0.717, 1.165) is 42.9 Å². The Balaban J connectivity index is 2.22. The number of ether oxygens (including phenoxy) is 2. The first kappa shape index (κ1) is 30.7. The molecule has 0 saturated heterocycles. The molecule has 7 heteroatoms. The predicted molar refractivity (Wildman–Crippen MR) is 155 cm³/mol. The molecule has 0 aliphatic rings. The number of anilines is 1. The molecule has 2 unspecified atom stereocenters. The van der Waals surface area contributed by atoms with Crippen molar-refractivity contribution in [2.24, 2.45) is 10.9 Å². The van der Waals surface area contributed by atoms with E-state index in [4.69, 9.17) is 21.1 Å². The zero-order valence-electron chi connectivity index (χ0n) is 23.2. The van der Waals surface area contributed by atoms with Gasteiger partial charge >= 0.3 is 0 Å². The first-order valence-corrected chi connectivity index (χ1v) is 13.7. The monoisotopic (exact) mass is 531 g/mol. The van der Waals surface area contributed by atoms with Gasteiger partial charge in [0.2, 0.25) is 0 Å². The van der Waals surface area contributed by atoms with Gasteiger partial charge in [-0.15, -0.1) is 0 Å². The molecule has 0 fully saturated rings. The largest absolute Gasteiger partial charge is 0.493 e. The number of methoxy groups -OCH3 is 1. The maximum Gasteiger partial charge on any atom is 0.161 e. The van der Waals surface area contributed by atoms with Gasteiger partial charge in [-0.25, -0.2) is 9.38 Å². The van der Waals surface area contributed by atoms with E-state index in [0.29, 0.717) is 35.7 Å². The smallest absolute Gasteiger partial charge is 0.161 e. The lowest BCUT2D eigenvalue weighted by Crippen LogP contribution is -2.29. The van der Waals surface area contributed by atoms with Crippen molar-refractivity contribution in [1.82, 2.24) is 5.32 Å². The normalized spacial score (nSPS) is 13.6. The first-order valence-electron chi connectivity index (χ1n) is 13.3. The minimum absolute atomic E-state index is 0.0493. The quantitative estimate of drug-likeness (QED) is 0.180. The summed E-state index contributed by atoms with van der Waals surface area (Å²) in [5.74, 6) is 2.20. The maximum atomic E-state index is 13.7. The van der Waals surface area contributed by atoms with Gasteiger partial charge in [-0.1, -0.05) is 51.3 Å². The minimum Gasteiger partial charge on any atom is -0.493 e. The topological polar surface area (TPSA) is 54.9 Å². The van der Waals surface area contributed by atoms with Crippen molar-refractivity contribution in [2.45, 2.75) is 72.8 Å². The van der Waals surface area contributed by atoms with Crippen LogP contribution in [0, 0.1) is 18.7 Å². The number of nitrogens with one attached hydrogen (secondary N) is 2. The molecule has 0 aromatic heterocycles. The van der Waals surface area contributed by atoms with Gasteiger partial charge in [-0.3, -0.25) is 0 Å². The van der Waals surface area contributed by atoms with E-state index in [-0.39, 0.29) is 5.02 Å². The molecule has 2 N–H and O–H groups in total. The van der Waals surface area contributed by atoms with Gasteiger partial charge in [0.15, 0.2) is 11.5 Å². The molecule has 0 heterocycles. The van der Waals surface area contributed by atoms with Gasteiger partial charge in [0.1, 0.15) is 11.7 Å². The SMILES string of the molecule is CCCC=CN=C(Nc1ccc(F)c(Cl)c1)c1cc(OCCC(C)NCCC(C)CC)c(OC)cc1C. The highest BCUT2D eigenvalue weighted by Gasteiger charge is 2.15. The van der Waals surface area contributed by atoms with Crippen LogP contribution in [0.15, 0.2) is 47.6 Å². The van der Waals surface area contributed by atoms with Crippen molar-refractivity contribution < 1.29 is 13.9 Å². The fraction of sp³-hybridized carbons (Fsp3) is 0.500. The Morgan fingerprint density at radius 2 is 1.92 bits per heavy atom. The van der Waals surface area contributed by atoms with Crippen LogP contribution in [0.25, 0.3) is 0 Å². The second kappa shape index (κ2) is 16.3. The fourth-order valence-corrected chi connectivity index (χ4v) is 3.85. The minimum atomic E-state index is -0.464. The number of hydrogen-bond donors (Lipinski definition) is 2. The molecular formula is C30H43ClFN3O2. The third kappa shape index (κ3) is 10.4. The molecule has 204 valence electrons. The van der Waals surface area contributed by atoms with Crippen molar-refractivity contribution in [3.63, 3.8) is 0 Å². The number of hydrogen-bond acceptors (Lipinski definition) is 4. The van der Waals surface area contributed by atoms with Crippen LogP contribution in [-0.4, -0.2) is 32.1 Å². The molecule has 0 saturated carbocycles. The number of amidine groups is 1. The number of allylic oxidation sites excluding steroid dienone is 1. The van der Waals surface area contributed by atoms with E-state index >= 15 is 0 Å². The van der Waals surface area contributed by atoms with Crippen molar-refractivity contribution in [2.75, 3.05) is 25.6 Å². The molecule has 37 heavy (non-hydrogen) atoms. The Kier molecular flexibility index (Phi) is 13.5. The van der Waals surface area contributed by atoms with Gasteiger partial charge in [-0.05, 0) is 81.5 Å². The van der Waals surface area contributed by atoms with Crippen LogP contribution in [0.1, 0.15) is 70.9 Å². The Bertz CT molecular complexity index is 1040. The van der Waals surface area contributed by atoms with E-state index in [1.165, 1.54) is 18.9 Å². The van der Waals surface area contributed by atoms with Crippen LogP contribution < -0.4 is 20.1 Å². The number of halogens is 2. The molecule has 0 spiro atoms. The third-order valence-corrected chi connectivity index (χ3v) is 6.64. The summed E-state index contributed by atoms with van der Waals surface area (Å²) < 4.78 is 25.5. The Morgan fingerprint density at radius 1 is 1.14 bits per heavy atom. The Labute approximate surface area is 227 Å². The summed E-state index contributed by atoms with van der Waals surface area (Å²) in [7, 11) is 1.64. The highest BCUT2D eigenvalue weighted by Crippen LogP contribution is 2.32. The molecule has 0 amide bonds. The van der Waals surface area contributed by atoms with Crippen molar-refractivity contribution in [3.05, 3.63) is 64.6 Å². The number of nitrogens with zero attached hydrogens (tertiary/aromatic N) is 1. The van der Waals surface area contributed by atoms with E-state index in [1.54, 1.807) is 25.4 Å². The summed E-state index contributed by atoms with van der Waals surface area (Å²) in [6.07, 6.45) is 9.03. The lowest BCUT2D eigenvalue weighted by atomic mass is 10.1. The highest BCUT2D eigenvalue weighted by molar-refractivity contribution is 6.31. The average molecular weight is 532 g/mol. The van der Waals surface area contributed by atoms with Crippen LogP contribution in [0.3, 0.4) is 0 Å². The van der Waals surface area contributed by atoms with E-state index < -0.39 is 5.82 Å². The zero-order valence-corrected chi connectivity index (χ0v) is 23.9. The molecule has 0 radical (unpaired) electrons. The lowest BCUT2D eigenvalue weighted by Gasteiger charge is -2.19. The van der Waals surface area contributed by atoms with E-state index in [9.17, 15) is 4.39 Å². The summed E-state index contributed by atoms with van der Waals surface area (Å²) in [4.78, 5) is 4.68. The van der Waals surface area contributed by atoms with Gasteiger partial charge in [0.25, 0.3) is 0 Å². The summed E-state index contributed by atoms with van der Waals surface area (Å²) in [5, 5.41) is 6.93. The van der Waals surface area contributed by atoms with Crippen LogP contribution in [0.4, 0.5) is 10.1 Å². The second-order valence-electron chi connectivity index (χ2n) is 9.52. The average Bonchev–Trinajstić information content (AvgIpc) is 2.88. The fourth-order valence-electron chi connectivity index (χ4n) is 3.67. The van der Waals surface area contributed by atoms with Crippen LogP contribution in [0.2, 0.25) is 5.02 Å². The Hall–Kier alpha value is -2.57. The molecule has 2 atom stereocenters. The van der Waals surface area contributed by atoms with Gasteiger partial charge in [0, 0.05) is 23.5 Å².